The zero-order valence-corrected chi connectivity index (χ0v) is 13.9. The fourth-order valence-electron chi connectivity index (χ4n) is 2.11. The van der Waals surface area contributed by atoms with Crippen LogP contribution in [0.5, 0.6) is 0 Å². The summed E-state index contributed by atoms with van der Waals surface area (Å²) in [5.74, 6) is -1.89. The van der Waals surface area contributed by atoms with Crippen LogP contribution in [0, 0.1) is 0 Å². The molecular weight excluding hydrogens is 371 g/mol. The third kappa shape index (κ3) is 4.20. The highest BCUT2D eigenvalue weighted by molar-refractivity contribution is 7.89. The van der Waals surface area contributed by atoms with Crippen molar-refractivity contribution in [2.24, 2.45) is 0 Å². The highest BCUT2D eigenvalue weighted by Gasteiger charge is 2.38. The Hall–Kier alpha value is -2.88. The summed E-state index contributed by atoms with van der Waals surface area (Å²) in [7, 11) is -3.61. The molecule has 0 aliphatic carbocycles. The van der Waals surface area contributed by atoms with Gasteiger partial charge in [-0.1, -0.05) is 35.5 Å². The first-order valence-corrected chi connectivity index (χ1v) is 8.89. The van der Waals surface area contributed by atoms with Gasteiger partial charge in [-0.15, -0.1) is 0 Å². The molecule has 0 saturated heterocycles. The van der Waals surface area contributed by atoms with Crippen LogP contribution in [0.3, 0.4) is 0 Å². The van der Waals surface area contributed by atoms with Crippen LogP contribution >= 0.6 is 0 Å². The SMILES string of the molecule is O=S(=O)(Cc1ccccc1)n1ccc(C=Cc2noc(C(F)(F)F)n2)c1. The van der Waals surface area contributed by atoms with Gasteiger partial charge < -0.3 is 4.52 Å². The molecule has 26 heavy (non-hydrogen) atoms. The van der Waals surface area contributed by atoms with Gasteiger partial charge in [-0.3, -0.25) is 3.97 Å². The molecule has 3 rings (SSSR count). The van der Waals surface area contributed by atoms with Gasteiger partial charge in [0.05, 0.1) is 5.75 Å². The maximum Gasteiger partial charge on any atom is 0.471 e. The minimum atomic E-state index is -4.71. The molecule has 0 radical (unpaired) electrons. The summed E-state index contributed by atoms with van der Waals surface area (Å²) in [5.41, 5.74) is 1.10. The van der Waals surface area contributed by atoms with E-state index in [0.717, 1.165) is 3.97 Å². The van der Waals surface area contributed by atoms with E-state index in [9.17, 15) is 21.6 Å². The summed E-state index contributed by atoms with van der Waals surface area (Å²) in [6.07, 6.45) is 0.574. The Bertz CT molecular complexity index is 1020. The molecule has 0 amide bonds. The lowest BCUT2D eigenvalue weighted by atomic mass is 10.2. The Morgan fingerprint density at radius 1 is 1.12 bits per heavy atom. The summed E-state index contributed by atoms with van der Waals surface area (Å²) in [6, 6.07) is 10.2. The van der Waals surface area contributed by atoms with Crippen molar-refractivity contribution < 1.29 is 26.1 Å². The molecule has 6 nitrogen and oxygen atoms in total. The first-order valence-electron chi connectivity index (χ1n) is 7.28. The Morgan fingerprint density at radius 2 is 1.85 bits per heavy atom. The highest BCUT2D eigenvalue weighted by atomic mass is 32.2. The molecule has 0 spiro atoms. The Balaban J connectivity index is 1.74. The Kier molecular flexibility index (Phi) is 4.68. The summed E-state index contributed by atoms with van der Waals surface area (Å²) in [5, 5.41) is 3.19. The number of hydrogen-bond donors (Lipinski definition) is 0. The number of aromatic nitrogens is 3. The standard InChI is InChI=1S/C16H12F3N3O3S/c17-16(18,19)15-20-14(21-25-15)7-6-12-8-9-22(10-12)26(23,24)11-13-4-2-1-3-5-13/h1-10H,11H2. The van der Waals surface area contributed by atoms with E-state index in [1.54, 1.807) is 30.3 Å². The molecular formula is C16H12F3N3O3S. The van der Waals surface area contributed by atoms with Gasteiger partial charge in [0.15, 0.2) is 5.82 Å². The fourth-order valence-corrected chi connectivity index (χ4v) is 3.40. The summed E-state index contributed by atoms with van der Waals surface area (Å²) < 4.78 is 67.1. The first-order chi connectivity index (χ1) is 12.2. The third-order valence-electron chi connectivity index (χ3n) is 3.31. The third-order valence-corrected chi connectivity index (χ3v) is 4.88. The molecule has 3 aromatic rings. The Morgan fingerprint density at radius 3 is 2.50 bits per heavy atom. The lowest BCUT2D eigenvalue weighted by Crippen LogP contribution is -2.13. The molecule has 10 heteroatoms. The molecule has 2 heterocycles. The van der Waals surface area contributed by atoms with Crippen molar-refractivity contribution >= 4 is 22.2 Å². The lowest BCUT2D eigenvalue weighted by molar-refractivity contribution is -0.159. The van der Waals surface area contributed by atoms with Gasteiger partial charge >= 0.3 is 12.1 Å². The van der Waals surface area contributed by atoms with Crippen molar-refractivity contribution in [1.82, 2.24) is 14.1 Å². The predicted molar refractivity (Wildman–Crippen MR) is 87.1 cm³/mol. The van der Waals surface area contributed by atoms with Gasteiger partial charge in [-0.2, -0.15) is 18.2 Å². The molecule has 0 saturated carbocycles. The number of benzene rings is 1. The lowest BCUT2D eigenvalue weighted by Gasteiger charge is -2.05. The minimum absolute atomic E-state index is 0.175. The molecule has 0 N–H and O–H groups in total. The second kappa shape index (κ2) is 6.79. The molecule has 1 aromatic carbocycles. The molecule has 0 unspecified atom stereocenters. The number of halogens is 3. The van der Waals surface area contributed by atoms with E-state index in [-0.39, 0.29) is 11.6 Å². The molecule has 0 bridgehead atoms. The average molecular weight is 383 g/mol. The van der Waals surface area contributed by atoms with Crippen LogP contribution in [-0.4, -0.2) is 22.5 Å². The van der Waals surface area contributed by atoms with Crippen molar-refractivity contribution in [3.8, 4) is 0 Å². The zero-order chi connectivity index (χ0) is 18.8. The maximum atomic E-state index is 12.4. The quantitative estimate of drug-likeness (QED) is 0.674. The van der Waals surface area contributed by atoms with E-state index < -0.39 is 22.1 Å². The van der Waals surface area contributed by atoms with Crippen molar-refractivity contribution in [1.29, 1.82) is 0 Å². The first kappa shape index (κ1) is 17.9. The van der Waals surface area contributed by atoms with E-state index in [0.29, 0.717) is 11.1 Å². The van der Waals surface area contributed by atoms with Gasteiger partial charge in [0.2, 0.25) is 10.0 Å². The summed E-state index contributed by atoms with van der Waals surface area (Å²) >= 11 is 0. The van der Waals surface area contributed by atoms with Gasteiger partial charge in [-0.25, -0.2) is 8.42 Å². The van der Waals surface area contributed by atoms with E-state index >= 15 is 0 Å². The van der Waals surface area contributed by atoms with Gasteiger partial charge in [0, 0.05) is 12.4 Å². The normalized spacial score (nSPS) is 12.7. The minimum Gasteiger partial charge on any atom is -0.329 e. The van der Waals surface area contributed by atoms with Crippen molar-refractivity contribution in [2.45, 2.75) is 11.9 Å². The van der Waals surface area contributed by atoms with E-state index in [1.807, 2.05) is 0 Å². The smallest absolute Gasteiger partial charge is 0.329 e. The van der Waals surface area contributed by atoms with Crippen LogP contribution in [0.15, 0.2) is 53.3 Å². The Labute approximate surface area is 146 Å². The van der Waals surface area contributed by atoms with Crippen LogP contribution in [0.4, 0.5) is 13.2 Å². The molecule has 136 valence electrons. The second-order valence-corrected chi connectivity index (χ2v) is 7.18. The molecule has 0 aliphatic heterocycles. The largest absolute Gasteiger partial charge is 0.471 e. The molecule has 0 atom stereocenters. The van der Waals surface area contributed by atoms with Crippen LogP contribution in [0.1, 0.15) is 22.8 Å². The van der Waals surface area contributed by atoms with Crippen LogP contribution in [0.25, 0.3) is 12.2 Å². The fraction of sp³-hybridized carbons (Fsp3) is 0.125. The topological polar surface area (TPSA) is 78.0 Å². The van der Waals surface area contributed by atoms with E-state index in [4.69, 9.17) is 0 Å². The van der Waals surface area contributed by atoms with Crippen molar-refractivity contribution in [3.05, 3.63) is 71.6 Å². The molecule has 0 fully saturated rings. The van der Waals surface area contributed by atoms with Gasteiger partial charge in [0.1, 0.15) is 0 Å². The average Bonchev–Trinajstić information content (AvgIpc) is 3.23. The number of hydrogen-bond acceptors (Lipinski definition) is 5. The number of rotatable bonds is 5. The van der Waals surface area contributed by atoms with Gasteiger partial charge in [0.25, 0.3) is 0 Å². The summed E-state index contributed by atoms with van der Waals surface area (Å²) in [6.45, 7) is 0. The second-order valence-electron chi connectivity index (χ2n) is 5.31. The van der Waals surface area contributed by atoms with Crippen LogP contribution in [-0.2, 0) is 22.0 Å². The monoisotopic (exact) mass is 383 g/mol. The highest BCUT2D eigenvalue weighted by Crippen LogP contribution is 2.27. The van der Waals surface area contributed by atoms with E-state index in [1.165, 1.54) is 30.6 Å². The van der Waals surface area contributed by atoms with Crippen molar-refractivity contribution in [2.75, 3.05) is 0 Å². The van der Waals surface area contributed by atoms with Crippen LogP contribution in [0.2, 0.25) is 0 Å². The maximum absolute atomic E-state index is 12.4. The molecule has 0 aliphatic rings. The number of nitrogens with zero attached hydrogens (tertiary/aromatic N) is 3. The molecule has 2 aromatic heterocycles. The summed E-state index contributed by atoms with van der Waals surface area (Å²) in [4.78, 5) is 3.19. The van der Waals surface area contributed by atoms with E-state index in [2.05, 4.69) is 14.7 Å². The van der Waals surface area contributed by atoms with Crippen molar-refractivity contribution in [3.63, 3.8) is 0 Å². The van der Waals surface area contributed by atoms with Gasteiger partial charge in [-0.05, 0) is 29.3 Å². The number of alkyl halides is 3. The van der Waals surface area contributed by atoms with Crippen LogP contribution < -0.4 is 0 Å². The zero-order valence-electron chi connectivity index (χ0n) is 13.1. The predicted octanol–water partition coefficient (Wildman–Crippen LogP) is 3.44.